The first-order chi connectivity index (χ1) is 28.2. The molecule has 3 atom stereocenters. The highest BCUT2D eigenvalue weighted by atomic mass is 35.5. The van der Waals surface area contributed by atoms with Gasteiger partial charge in [0.05, 0.1) is 48.8 Å². The van der Waals surface area contributed by atoms with E-state index in [1.165, 1.54) is 18.5 Å². The number of likely N-dealkylation sites (tertiary alicyclic amines) is 1. The maximum atomic E-state index is 13.8. The van der Waals surface area contributed by atoms with E-state index in [0.29, 0.717) is 47.1 Å². The quantitative estimate of drug-likeness (QED) is 0.180. The molecule has 4 saturated heterocycles. The summed E-state index contributed by atoms with van der Waals surface area (Å²) in [5, 5.41) is 6.20. The summed E-state index contributed by atoms with van der Waals surface area (Å²) in [6, 6.07) is 7.18. The van der Waals surface area contributed by atoms with E-state index in [1.54, 1.807) is 12.1 Å². The van der Waals surface area contributed by atoms with Gasteiger partial charge in [-0.3, -0.25) is 39.2 Å². The second-order valence-corrected chi connectivity index (χ2v) is 15.4. The van der Waals surface area contributed by atoms with Gasteiger partial charge in [-0.1, -0.05) is 17.7 Å². The molecule has 4 fully saturated rings. The number of nitrogens with zero attached hydrogens (tertiary/aromatic N) is 6. The lowest BCUT2D eigenvalue weighted by molar-refractivity contribution is -0.151. The number of morpholine rings is 1. The molecule has 58 heavy (non-hydrogen) atoms. The number of amides is 4. The normalized spacial score (nSPS) is 22.9. The molecular weight excluding hydrogens is 771 g/mol. The summed E-state index contributed by atoms with van der Waals surface area (Å²) >= 11 is 6.03. The number of allylic oxidation sites excluding steroid dienone is 1. The molecule has 5 heterocycles. The minimum Gasteiger partial charge on any atom is -0.490 e. The molecule has 8 rings (SSSR count). The Morgan fingerprint density at radius 2 is 1.59 bits per heavy atom. The number of benzene rings is 2. The number of piperidine rings is 1. The van der Waals surface area contributed by atoms with Gasteiger partial charge in [0.2, 0.25) is 23.6 Å². The van der Waals surface area contributed by atoms with Crippen LogP contribution in [0.15, 0.2) is 60.6 Å². The number of rotatable bonds is 14. The number of carbonyl (C=O) groups is 4. The molecule has 17 heteroatoms. The molecular formula is C41H46ClFN8O7. The molecule has 5 aliphatic rings. The number of fused-ring (bicyclic) bond motifs is 2. The van der Waals surface area contributed by atoms with Gasteiger partial charge in [-0.25, -0.2) is 14.4 Å². The largest absolute Gasteiger partial charge is 0.490 e. The van der Waals surface area contributed by atoms with Gasteiger partial charge in [0, 0.05) is 81.6 Å². The Morgan fingerprint density at radius 1 is 0.879 bits per heavy atom. The number of imide groups is 2. The zero-order valence-electron chi connectivity index (χ0n) is 32.0. The van der Waals surface area contributed by atoms with Crippen LogP contribution in [0.4, 0.5) is 15.9 Å². The van der Waals surface area contributed by atoms with Crippen molar-refractivity contribution >= 4 is 57.6 Å². The van der Waals surface area contributed by atoms with E-state index in [0.717, 1.165) is 89.0 Å². The molecule has 0 bridgehead atoms. The van der Waals surface area contributed by atoms with Crippen molar-refractivity contribution in [2.45, 2.75) is 31.7 Å². The summed E-state index contributed by atoms with van der Waals surface area (Å²) in [6.07, 6.45) is 8.83. The minimum atomic E-state index is -0.953. The first-order valence-corrected chi connectivity index (χ1v) is 20.2. The Morgan fingerprint density at radius 3 is 2.31 bits per heavy atom. The maximum absolute atomic E-state index is 13.8. The van der Waals surface area contributed by atoms with E-state index in [4.69, 9.17) is 25.8 Å². The maximum Gasteiger partial charge on any atom is 0.249 e. The van der Waals surface area contributed by atoms with Crippen LogP contribution in [0.25, 0.3) is 10.9 Å². The fraction of sp³-hybridized carbons (Fsp3) is 0.463. The Balaban J connectivity index is 0.862. The smallest absolute Gasteiger partial charge is 0.249 e. The standard InChI is InChI=1S/C41H46ClFN8O7/c42-31-21-26(3-6-32(31)43)46-38-30-23-35(57-17-2-10-49-15-19-56-20-16-49)36(24-33(30)44-25-45-38)58-18-1-9-48-11-13-50(14-12-48)27-4-5-28-29(22-27)41(55)51(40(28)54)34-7-8-37(52)47-39(34)53/h3-6,21-25,28-29,34H,1-2,7-20H2,(H,44,45,46)(H,47,52,53). The second kappa shape index (κ2) is 17.8. The van der Waals surface area contributed by atoms with Crippen LogP contribution in [0.3, 0.4) is 0 Å². The zero-order chi connectivity index (χ0) is 40.2. The van der Waals surface area contributed by atoms with Gasteiger partial charge in [0.1, 0.15) is 24.0 Å². The third-order valence-electron chi connectivity index (χ3n) is 11.3. The molecule has 15 nitrogen and oxygen atoms in total. The lowest BCUT2D eigenvalue weighted by Gasteiger charge is -2.37. The van der Waals surface area contributed by atoms with E-state index < -0.39 is 47.3 Å². The lowest BCUT2D eigenvalue weighted by Crippen LogP contribution is -2.54. The average molecular weight is 817 g/mol. The summed E-state index contributed by atoms with van der Waals surface area (Å²) in [4.78, 5) is 67.7. The van der Waals surface area contributed by atoms with Crippen molar-refractivity contribution in [3.63, 3.8) is 0 Å². The summed E-state index contributed by atoms with van der Waals surface area (Å²) in [7, 11) is 0. The first kappa shape index (κ1) is 39.7. The van der Waals surface area contributed by atoms with Gasteiger partial charge in [-0.15, -0.1) is 0 Å². The number of carbonyl (C=O) groups excluding carboxylic acids is 4. The number of anilines is 2. The Kier molecular flexibility index (Phi) is 12.1. The number of ether oxygens (including phenoxy) is 3. The number of piperazine rings is 1. The van der Waals surface area contributed by atoms with Crippen LogP contribution in [-0.4, -0.2) is 138 Å². The summed E-state index contributed by atoms with van der Waals surface area (Å²) in [6.45, 7) is 9.09. The number of hydrogen-bond donors (Lipinski definition) is 2. The molecule has 3 unspecified atom stereocenters. The molecule has 1 aromatic heterocycles. The molecule has 1 aliphatic carbocycles. The van der Waals surface area contributed by atoms with Gasteiger partial charge < -0.3 is 24.4 Å². The van der Waals surface area contributed by atoms with E-state index >= 15 is 0 Å². The zero-order valence-corrected chi connectivity index (χ0v) is 32.8. The number of nitrogens with one attached hydrogen (secondary N) is 2. The van der Waals surface area contributed by atoms with Crippen molar-refractivity contribution in [1.29, 1.82) is 0 Å². The predicted octanol–water partition coefficient (Wildman–Crippen LogP) is 3.51. The molecule has 0 radical (unpaired) electrons. The fourth-order valence-electron chi connectivity index (χ4n) is 8.10. The SMILES string of the molecule is O=C1CCC(N2C(=O)C3C=CC(N4CCN(CCCOc5cc6ncnc(Nc7ccc(F)c(Cl)c7)c6cc5OCCCN5CCOCC5)CC4)=CC3C2=O)C(=O)N1. The number of hydrogen-bond acceptors (Lipinski definition) is 13. The van der Waals surface area contributed by atoms with E-state index in [-0.39, 0.29) is 17.9 Å². The Hall–Kier alpha value is -5.16. The molecule has 0 spiro atoms. The number of aromatic nitrogens is 2. The average Bonchev–Trinajstić information content (AvgIpc) is 3.48. The Bertz CT molecular complexity index is 2120. The molecule has 4 amide bonds. The van der Waals surface area contributed by atoms with E-state index in [9.17, 15) is 23.6 Å². The molecule has 4 aliphatic heterocycles. The number of halogens is 2. The van der Waals surface area contributed by atoms with Gasteiger partial charge in [-0.2, -0.15) is 0 Å². The summed E-state index contributed by atoms with van der Waals surface area (Å²) in [5.41, 5.74) is 2.13. The van der Waals surface area contributed by atoms with E-state index in [2.05, 4.69) is 35.3 Å². The van der Waals surface area contributed by atoms with Crippen molar-refractivity contribution in [3.8, 4) is 11.5 Å². The summed E-state index contributed by atoms with van der Waals surface area (Å²) in [5.74, 6) is -1.89. The lowest BCUT2D eigenvalue weighted by atomic mass is 9.89. The molecule has 306 valence electrons. The van der Waals surface area contributed by atoms with Crippen LogP contribution in [0, 0.1) is 17.7 Å². The Labute approximate surface area is 340 Å². The van der Waals surface area contributed by atoms with Crippen LogP contribution in [-0.2, 0) is 23.9 Å². The van der Waals surface area contributed by atoms with Crippen LogP contribution in [0.2, 0.25) is 5.02 Å². The predicted molar refractivity (Wildman–Crippen MR) is 212 cm³/mol. The monoisotopic (exact) mass is 816 g/mol. The van der Waals surface area contributed by atoms with Crippen molar-refractivity contribution in [3.05, 3.63) is 71.4 Å². The second-order valence-electron chi connectivity index (χ2n) is 15.0. The summed E-state index contributed by atoms with van der Waals surface area (Å²) < 4.78 is 32.0. The van der Waals surface area contributed by atoms with E-state index in [1.807, 2.05) is 24.3 Å². The molecule has 2 aromatic carbocycles. The highest BCUT2D eigenvalue weighted by Gasteiger charge is 2.51. The van der Waals surface area contributed by atoms with Gasteiger partial charge in [-0.05, 0) is 55.7 Å². The highest BCUT2D eigenvalue weighted by Crippen LogP contribution is 2.37. The van der Waals surface area contributed by atoms with Crippen LogP contribution in [0.5, 0.6) is 11.5 Å². The molecule has 2 N–H and O–H groups in total. The minimum absolute atomic E-state index is 0.00374. The third kappa shape index (κ3) is 8.79. The van der Waals surface area contributed by atoms with Crippen molar-refractivity contribution in [1.82, 2.24) is 34.9 Å². The molecule has 0 saturated carbocycles. The van der Waals surface area contributed by atoms with Gasteiger partial charge in [0.25, 0.3) is 0 Å². The van der Waals surface area contributed by atoms with Crippen LogP contribution >= 0.6 is 11.6 Å². The van der Waals surface area contributed by atoms with Crippen molar-refractivity contribution in [2.75, 3.05) is 84.1 Å². The van der Waals surface area contributed by atoms with Crippen molar-refractivity contribution < 1.29 is 37.8 Å². The van der Waals surface area contributed by atoms with Crippen molar-refractivity contribution in [2.24, 2.45) is 11.8 Å². The first-order valence-electron chi connectivity index (χ1n) is 19.9. The van der Waals surface area contributed by atoms with Crippen LogP contribution < -0.4 is 20.1 Å². The fourth-order valence-corrected chi connectivity index (χ4v) is 8.28. The van der Waals surface area contributed by atoms with Gasteiger partial charge in [0.15, 0.2) is 11.5 Å². The topological polar surface area (TPSA) is 159 Å². The third-order valence-corrected chi connectivity index (χ3v) is 11.5. The van der Waals surface area contributed by atoms with Crippen LogP contribution in [0.1, 0.15) is 25.7 Å². The van der Waals surface area contributed by atoms with Gasteiger partial charge >= 0.3 is 0 Å². The molecule has 3 aromatic rings. The highest BCUT2D eigenvalue weighted by molar-refractivity contribution is 6.31.